The number of imidazole rings is 2. The Morgan fingerprint density at radius 1 is 1.24 bits per heavy atom. The minimum Gasteiger partial charge on any atom is -0.478 e. The molecule has 2 atom stereocenters. The lowest BCUT2D eigenvalue weighted by molar-refractivity contribution is -0.0298. The topological polar surface area (TPSA) is 120 Å². The number of rotatable bonds is 6. The highest BCUT2D eigenvalue weighted by molar-refractivity contribution is 6.01. The van der Waals surface area contributed by atoms with Crippen molar-refractivity contribution in [2.24, 2.45) is 0 Å². The third-order valence-electron chi connectivity index (χ3n) is 6.52. The van der Waals surface area contributed by atoms with Gasteiger partial charge >= 0.3 is 5.97 Å². The van der Waals surface area contributed by atoms with Gasteiger partial charge in [-0.15, -0.1) is 0 Å². The fraction of sp³-hybridized carbons (Fsp3) is 0.435. The second-order valence-corrected chi connectivity index (χ2v) is 8.90. The minimum atomic E-state index is -1.30. The van der Waals surface area contributed by atoms with Crippen LogP contribution in [0.4, 0.5) is 10.2 Å². The number of halogens is 1. The Morgan fingerprint density at radius 2 is 2.09 bits per heavy atom. The normalized spacial score (nSPS) is 19.5. The highest BCUT2D eigenvalue weighted by atomic mass is 19.1. The van der Waals surface area contributed by atoms with Gasteiger partial charge in [0.25, 0.3) is 0 Å². The summed E-state index contributed by atoms with van der Waals surface area (Å²) in [6.07, 6.45) is 7.96. The molecule has 1 saturated heterocycles. The zero-order valence-electron chi connectivity index (χ0n) is 18.6. The van der Waals surface area contributed by atoms with E-state index in [4.69, 9.17) is 9.72 Å². The molecule has 34 heavy (non-hydrogen) atoms. The molecule has 6 rings (SSSR count). The van der Waals surface area contributed by atoms with E-state index in [1.165, 1.54) is 12.4 Å². The number of nitrogens with one attached hydrogen (secondary N) is 1. The lowest BCUT2D eigenvalue weighted by Crippen LogP contribution is -2.18. The van der Waals surface area contributed by atoms with Gasteiger partial charge in [0, 0.05) is 12.6 Å². The zero-order chi connectivity index (χ0) is 23.4. The van der Waals surface area contributed by atoms with Crippen LogP contribution in [0.3, 0.4) is 0 Å². The van der Waals surface area contributed by atoms with E-state index in [1.54, 1.807) is 6.33 Å². The van der Waals surface area contributed by atoms with Crippen molar-refractivity contribution in [2.45, 2.75) is 57.3 Å². The van der Waals surface area contributed by atoms with Crippen LogP contribution >= 0.6 is 0 Å². The Balaban J connectivity index is 1.39. The van der Waals surface area contributed by atoms with Gasteiger partial charge in [0.15, 0.2) is 17.0 Å². The molecule has 1 saturated carbocycles. The minimum absolute atomic E-state index is 0.0947. The number of ether oxygens (including phenoxy) is 1. The van der Waals surface area contributed by atoms with Crippen LogP contribution in [0.1, 0.15) is 73.5 Å². The van der Waals surface area contributed by atoms with Gasteiger partial charge < -0.3 is 19.7 Å². The summed E-state index contributed by atoms with van der Waals surface area (Å²) in [6, 6.07) is 2.44. The maximum atomic E-state index is 14.4. The molecule has 2 aliphatic rings. The van der Waals surface area contributed by atoms with Gasteiger partial charge in [-0.1, -0.05) is 0 Å². The molecule has 0 spiro atoms. The van der Waals surface area contributed by atoms with Crippen LogP contribution in [0.2, 0.25) is 0 Å². The van der Waals surface area contributed by atoms with E-state index in [2.05, 4.69) is 20.3 Å². The Kier molecular flexibility index (Phi) is 4.94. The summed E-state index contributed by atoms with van der Waals surface area (Å²) in [5, 5.41) is 13.0. The first-order chi connectivity index (χ1) is 16.5. The number of hydrogen-bond acceptors (Lipinski definition) is 7. The lowest BCUT2D eigenvalue weighted by Gasteiger charge is -2.23. The van der Waals surface area contributed by atoms with Crippen molar-refractivity contribution in [1.82, 2.24) is 29.1 Å². The van der Waals surface area contributed by atoms with Gasteiger partial charge in [0.2, 0.25) is 0 Å². The summed E-state index contributed by atoms with van der Waals surface area (Å²) < 4.78 is 24.1. The second kappa shape index (κ2) is 8.01. The molecule has 0 amide bonds. The van der Waals surface area contributed by atoms with E-state index < -0.39 is 11.8 Å². The number of carboxylic acids is 1. The standard InChI is InChI=1S/C23H24FN7O3/c1-12(21-29-15-8-7-14(24)17(23(32)33)19(15)31(21)13-5-6-13)28-20-18-22(26-10-25-20)30(11-27-18)16-4-2-3-9-34-16/h7-8,10-13,16H,2-6,9H2,1H3,(H,32,33)(H,25,26,28). The van der Waals surface area contributed by atoms with E-state index in [0.717, 1.165) is 38.2 Å². The number of nitrogens with zero attached hydrogens (tertiary/aromatic N) is 6. The van der Waals surface area contributed by atoms with Crippen LogP contribution in [-0.2, 0) is 4.74 Å². The number of benzene rings is 1. The van der Waals surface area contributed by atoms with Crippen LogP contribution in [0.5, 0.6) is 0 Å². The maximum absolute atomic E-state index is 14.4. The third kappa shape index (κ3) is 3.38. The number of aromatic nitrogens is 6. The van der Waals surface area contributed by atoms with Gasteiger partial charge in [-0.05, 0) is 51.2 Å². The summed E-state index contributed by atoms with van der Waals surface area (Å²) in [7, 11) is 0. The molecule has 2 unspecified atom stereocenters. The van der Waals surface area contributed by atoms with E-state index in [9.17, 15) is 14.3 Å². The van der Waals surface area contributed by atoms with Crippen LogP contribution < -0.4 is 5.32 Å². The molecule has 1 aliphatic heterocycles. The fourth-order valence-corrected chi connectivity index (χ4v) is 4.77. The average molecular weight is 465 g/mol. The van der Waals surface area contributed by atoms with Crippen LogP contribution in [0.25, 0.3) is 22.2 Å². The Labute approximate surface area is 193 Å². The van der Waals surface area contributed by atoms with Crippen molar-refractivity contribution >= 4 is 34.0 Å². The summed E-state index contributed by atoms with van der Waals surface area (Å²) in [4.78, 5) is 29.9. The molecule has 1 aromatic carbocycles. The molecule has 11 heteroatoms. The SMILES string of the molecule is CC(Nc1ncnc2c1ncn2C1CCCCO1)c1nc2ccc(F)c(C(=O)O)c2n1C1CC1. The Hall–Kier alpha value is -3.60. The number of aromatic carboxylic acids is 1. The maximum Gasteiger partial charge on any atom is 0.340 e. The summed E-state index contributed by atoms with van der Waals surface area (Å²) >= 11 is 0. The smallest absolute Gasteiger partial charge is 0.340 e. The molecule has 1 aliphatic carbocycles. The number of hydrogen-bond donors (Lipinski definition) is 2. The third-order valence-corrected chi connectivity index (χ3v) is 6.52. The van der Waals surface area contributed by atoms with Crippen LogP contribution in [-0.4, -0.2) is 46.8 Å². The molecule has 0 radical (unpaired) electrons. The molecular formula is C23H24FN7O3. The molecule has 10 nitrogen and oxygen atoms in total. The first-order valence-electron chi connectivity index (χ1n) is 11.5. The fourth-order valence-electron chi connectivity index (χ4n) is 4.77. The zero-order valence-corrected chi connectivity index (χ0v) is 18.6. The van der Waals surface area contributed by atoms with Crippen LogP contribution in [0, 0.1) is 5.82 Å². The van der Waals surface area contributed by atoms with E-state index in [-0.39, 0.29) is 23.9 Å². The van der Waals surface area contributed by atoms with E-state index >= 15 is 0 Å². The summed E-state index contributed by atoms with van der Waals surface area (Å²) in [5.74, 6) is -0.884. The Morgan fingerprint density at radius 3 is 2.82 bits per heavy atom. The Bertz CT molecular complexity index is 1400. The largest absolute Gasteiger partial charge is 0.478 e. The molecular weight excluding hydrogens is 441 g/mol. The molecule has 176 valence electrons. The highest BCUT2D eigenvalue weighted by Crippen LogP contribution is 2.41. The first-order valence-corrected chi connectivity index (χ1v) is 11.5. The number of carbonyl (C=O) groups is 1. The first kappa shape index (κ1) is 21.0. The van der Waals surface area contributed by atoms with Crippen molar-refractivity contribution in [1.29, 1.82) is 0 Å². The van der Waals surface area contributed by atoms with Crippen LogP contribution in [0.15, 0.2) is 24.8 Å². The highest BCUT2D eigenvalue weighted by Gasteiger charge is 2.33. The number of fused-ring (bicyclic) bond motifs is 2. The van der Waals surface area contributed by atoms with Crippen molar-refractivity contribution < 1.29 is 19.0 Å². The predicted octanol–water partition coefficient (Wildman–Crippen LogP) is 4.22. The molecule has 2 N–H and O–H groups in total. The molecule has 4 aromatic rings. The van der Waals surface area contributed by atoms with Gasteiger partial charge in [-0.25, -0.2) is 29.1 Å². The predicted molar refractivity (Wildman–Crippen MR) is 121 cm³/mol. The summed E-state index contributed by atoms with van der Waals surface area (Å²) in [5.41, 5.74) is 1.74. The van der Waals surface area contributed by atoms with E-state index in [0.29, 0.717) is 40.4 Å². The second-order valence-electron chi connectivity index (χ2n) is 8.90. The van der Waals surface area contributed by atoms with Gasteiger partial charge in [0.05, 0.1) is 23.4 Å². The lowest BCUT2D eigenvalue weighted by atomic mass is 10.1. The number of anilines is 1. The van der Waals surface area contributed by atoms with Crippen molar-refractivity contribution in [3.05, 3.63) is 42.0 Å². The molecule has 2 fully saturated rings. The number of carboxylic acid groups (broad SMARTS) is 1. The van der Waals surface area contributed by atoms with E-state index in [1.807, 2.05) is 16.1 Å². The van der Waals surface area contributed by atoms with Gasteiger partial charge in [-0.3, -0.25) is 4.57 Å². The van der Waals surface area contributed by atoms with Crippen molar-refractivity contribution in [3.63, 3.8) is 0 Å². The summed E-state index contributed by atoms with van der Waals surface area (Å²) in [6.45, 7) is 2.64. The molecule has 4 heterocycles. The van der Waals surface area contributed by atoms with Crippen molar-refractivity contribution in [3.8, 4) is 0 Å². The quantitative estimate of drug-likeness (QED) is 0.434. The molecule has 3 aromatic heterocycles. The van der Waals surface area contributed by atoms with Gasteiger partial charge in [-0.2, -0.15) is 0 Å². The molecule has 0 bridgehead atoms. The average Bonchev–Trinajstić information content (AvgIpc) is 3.45. The van der Waals surface area contributed by atoms with Gasteiger partial charge in [0.1, 0.15) is 29.8 Å². The monoisotopic (exact) mass is 465 g/mol. The van der Waals surface area contributed by atoms with Crippen molar-refractivity contribution in [2.75, 3.05) is 11.9 Å².